The summed E-state index contributed by atoms with van der Waals surface area (Å²) in [5, 5.41) is 5.78. The van der Waals surface area contributed by atoms with Gasteiger partial charge in [0.1, 0.15) is 12.1 Å². The quantitative estimate of drug-likeness (QED) is 0.793. The molecule has 4 nitrogen and oxygen atoms in total. The Hall–Kier alpha value is -2.34. The van der Waals surface area contributed by atoms with E-state index in [4.69, 9.17) is 0 Å². The third kappa shape index (κ3) is 2.74. The summed E-state index contributed by atoms with van der Waals surface area (Å²) in [6.07, 6.45) is 4.90. The summed E-state index contributed by atoms with van der Waals surface area (Å²) >= 11 is 1.47. The van der Waals surface area contributed by atoms with Crippen LogP contribution < -0.4 is 5.32 Å². The number of hydrogen-bond donors (Lipinski definition) is 1. The van der Waals surface area contributed by atoms with E-state index in [0.29, 0.717) is 0 Å². The average Bonchev–Trinajstić information content (AvgIpc) is 2.91. The van der Waals surface area contributed by atoms with Crippen molar-refractivity contribution in [3.05, 3.63) is 54.2 Å². The lowest BCUT2D eigenvalue weighted by Gasteiger charge is -2.01. The third-order valence-electron chi connectivity index (χ3n) is 2.46. The van der Waals surface area contributed by atoms with Crippen molar-refractivity contribution in [2.75, 3.05) is 5.32 Å². The van der Waals surface area contributed by atoms with Gasteiger partial charge in [-0.3, -0.25) is 0 Å². The largest absolute Gasteiger partial charge is 0.332 e. The standard InChI is InChI=1S/C13H9FN4S/c14-10-1-3-11(4-2-10)17-13-18-12(7-19-13)9-5-15-8-16-6-9/h1-8H,(H,17,18). The van der Waals surface area contributed by atoms with E-state index in [9.17, 15) is 4.39 Å². The number of nitrogens with one attached hydrogen (secondary N) is 1. The van der Waals surface area contributed by atoms with Crippen LogP contribution in [-0.4, -0.2) is 15.0 Å². The molecule has 3 rings (SSSR count). The first-order valence-corrected chi connectivity index (χ1v) is 6.43. The highest BCUT2D eigenvalue weighted by molar-refractivity contribution is 7.14. The van der Waals surface area contributed by atoms with Crippen molar-refractivity contribution in [2.45, 2.75) is 0 Å². The predicted molar refractivity (Wildman–Crippen MR) is 72.8 cm³/mol. The van der Waals surface area contributed by atoms with Gasteiger partial charge in [-0.1, -0.05) is 0 Å². The van der Waals surface area contributed by atoms with E-state index in [1.807, 2.05) is 5.38 Å². The number of benzene rings is 1. The van der Waals surface area contributed by atoms with Crippen LogP contribution >= 0.6 is 11.3 Å². The minimum Gasteiger partial charge on any atom is -0.332 e. The van der Waals surface area contributed by atoms with Crippen molar-refractivity contribution < 1.29 is 4.39 Å². The van der Waals surface area contributed by atoms with E-state index >= 15 is 0 Å². The van der Waals surface area contributed by atoms with Crippen molar-refractivity contribution in [1.29, 1.82) is 0 Å². The Morgan fingerprint density at radius 1 is 1.05 bits per heavy atom. The van der Waals surface area contributed by atoms with Gasteiger partial charge in [0.25, 0.3) is 0 Å². The normalized spacial score (nSPS) is 10.4. The average molecular weight is 272 g/mol. The molecule has 1 aromatic carbocycles. The fraction of sp³-hybridized carbons (Fsp3) is 0. The summed E-state index contributed by atoms with van der Waals surface area (Å²) in [5.41, 5.74) is 2.48. The molecule has 3 aromatic rings. The molecule has 6 heteroatoms. The molecule has 0 radical (unpaired) electrons. The molecule has 94 valence electrons. The Labute approximate surface area is 113 Å². The first-order chi connectivity index (χ1) is 9.31. The lowest BCUT2D eigenvalue weighted by Crippen LogP contribution is -1.90. The van der Waals surface area contributed by atoms with Gasteiger partial charge < -0.3 is 5.32 Å². The Bertz CT molecular complexity index is 667. The number of thiazole rings is 1. The molecular weight excluding hydrogens is 263 g/mol. The summed E-state index contributed by atoms with van der Waals surface area (Å²) in [6, 6.07) is 6.15. The first-order valence-electron chi connectivity index (χ1n) is 5.55. The summed E-state index contributed by atoms with van der Waals surface area (Å²) in [5.74, 6) is -0.258. The Kier molecular flexibility index (Phi) is 3.16. The van der Waals surface area contributed by atoms with E-state index in [-0.39, 0.29) is 5.82 Å². The predicted octanol–water partition coefficient (Wildman–Crippen LogP) is 3.48. The molecule has 0 unspecified atom stereocenters. The van der Waals surface area contributed by atoms with Crippen LogP contribution in [0, 0.1) is 5.82 Å². The second-order valence-corrected chi connectivity index (χ2v) is 4.66. The molecule has 2 aromatic heterocycles. The second-order valence-electron chi connectivity index (χ2n) is 3.80. The molecule has 19 heavy (non-hydrogen) atoms. The molecule has 0 atom stereocenters. The van der Waals surface area contributed by atoms with Crippen LogP contribution in [0.5, 0.6) is 0 Å². The Balaban J connectivity index is 1.80. The monoisotopic (exact) mass is 272 g/mol. The van der Waals surface area contributed by atoms with E-state index in [1.54, 1.807) is 24.5 Å². The molecule has 0 aliphatic rings. The molecule has 0 saturated heterocycles. The highest BCUT2D eigenvalue weighted by atomic mass is 32.1. The van der Waals surface area contributed by atoms with Crippen molar-refractivity contribution in [2.24, 2.45) is 0 Å². The van der Waals surface area contributed by atoms with Crippen LogP contribution in [0.2, 0.25) is 0 Å². The van der Waals surface area contributed by atoms with E-state index < -0.39 is 0 Å². The van der Waals surface area contributed by atoms with Crippen LogP contribution in [0.3, 0.4) is 0 Å². The number of nitrogens with zero attached hydrogens (tertiary/aromatic N) is 3. The van der Waals surface area contributed by atoms with Gasteiger partial charge in [-0.15, -0.1) is 11.3 Å². The van der Waals surface area contributed by atoms with Crippen LogP contribution in [0.4, 0.5) is 15.2 Å². The Morgan fingerprint density at radius 2 is 1.79 bits per heavy atom. The molecule has 0 aliphatic carbocycles. The van der Waals surface area contributed by atoms with E-state index in [1.165, 1.54) is 29.8 Å². The highest BCUT2D eigenvalue weighted by Gasteiger charge is 2.05. The van der Waals surface area contributed by atoms with Gasteiger partial charge in [-0.05, 0) is 24.3 Å². The zero-order valence-electron chi connectivity index (χ0n) is 9.75. The molecule has 0 amide bonds. The minimum atomic E-state index is -0.258. The van der Waals surface area contributed by atoms with Crippen LogP contribution in [-0.2, 0) is 0 Å². The van der Waals surface area contributed by atoms with Crippen LogP contribution in [0.25, 0.3) is 11.3 Å². The van der Waals surface area contributed by atoms with Crippen molar-refractivity contribution in [3.63, 3.8) is 0 Å². The lowest BCUT2D eigenvalue weighted by atomic mass is 10.3. The Morgan fingerprint density at radius 3 is 2.53 bits per heavy atom. The van der Waals surface area contributed by atoms with Gasteiger partial charge in [0.15, 0.2) is 5.13 Å². The SMILES string of the molecule is Fc1ccc(Nc2nc(-c3cncnc3)cs2)cc1. The summed E-state index contributed by atoms with van der Waals surface area (Å²) < 4.78 is 12.8. The second kappa shape index (κ2) is 5.11. The van der Waals surface area contributed by atoms with E-state index in [2.05, 4.69) is 20.3 Å². The van der Waals surface area contributed by atoms with Gasteiger partial charge in [0.2, 0.25) is 0 Å². The maximum Gasteiger partial charge on any atom is 0.187 e. The van der Waals surface area contributed by atoms with Crippen LogP contribution in [0.15, 0.2) is 48.4 Å². The number of hydrogen-bond acceptors (Lipinski definition) is 5. The molecule has 2 heterocycles. The fourth-order valence-corrected chi connectivity index (χ4v) is 2.29. The van der Waals surface area contributed by atoms with Crippen molar-refractivity contribution in [1.82, 2.24) is 15.0 Å². The maximum absolute atomic E-state index is 12.8. The van der Waals surface area contributed by atoms with Crippen molar-refractivity contribution in [3.8, 4) is 11.3 Å². The zero-order valence-corrected chi connectivity index (χ0v) is 10.6. The number of aromatic nitrogens is 3. The van der Waals surface area contributed by atoms with Gasteiger partial charge in [-0.25, -0.2) is 19.3 Å². The summed E-state index contributed by atoms with van der Waals surface area (Å²) in [4.78, 5) is 12.3. The molecule has 0 aliphatic heterocycles. The summed E-state index contributed by atoms with van der Waals surface area (Å²) in [7, 11) is 0. The van der Waals surface area contributed by atoms with Gasteiger partial charge in [-0.2, -0.15) is 0 Å². The molecule has 1 N–H and O–H groups in total. The highest BCUT2D eigenvalue weighted by Crippen LogP contribution is 2.26. The van der Waals surface area contributed by atoms with Crippen LogP contribution in [0.1, 0.15) is 0 Å². The van der Waals surface area contributed by atoms with Gasteiger partial charge in [0.05, 0.1) is 5.69 Å². The molecule has 0 bridgehead atoms. The third-order valence-corrected chi connectivity index (χ3v) is 3.21. The smallest absolute Gasteiger partial charge is 0.187 e. The first kappa shape index (κ1) is 11.7. The van der Waals surface area contributed by atoms with E-state index in [0.717, 1.165) is 22.1 Å². The number of anilines is 2. The zero-order chi connectivity index (χ0) is 13.1. The van der Waals surface area contributed by atoms with Crippen molar-refractivity contribution >= 4 is 22.2 Å². The fourth-order valence-electron chi connectivity index (χ4n) is 1.55. The van der Waals surface area contributed by atoms with Gasteiger partial charge >= 0.3 is 0 Å². The molecule has 0 spiro atoms. The number of halogens is 1. The molecule has 0 fully saturated rings. The van der Waals surface area contributed by atoms with Gasteiger partial charge in [0, 0.05) is 29.0 Å². The number of rotatable bonds is 3. The maximum atomic E-state index is 12.8. The topological polar surface area (TPSA) is 50.7 Å². The summed E-state index contributed by atoms with van der Waals surface area (Å²) in [6.45, 7) is 0. The molecule has 0 saturated carbocycles. The molecular formula is C13H9FN4S. The minimum absolute atomic E-state index is 0.258. The lowest BCUT2D eigenvalue weighted by molar-refractivity contribution is 0.628.